The molecule has 13 heavy (non-hydrogen) atoms. The average molecular weight is 212 g/mol. The predicted octanol–water partition coefficient (Wildman–Crippen LogP) is 2.82. The third kappa shape index (κ3) is 2.69. The lowest BCUT2D eigenvalue weighted by Gasteiger charge is -2.10. The van der Waals surface area contributed by atoms with E-state index in [-0.39, 0.29) is 10.7 Å². The molecule has 0 radical (unpaired) electrons. The standard InChI is InChI=1S/C7H5ClF3NO/c8-6-4(12)2-1-3-5(6)13-7(9,10)11/h1-3H,12H2. The fraction of sp³-hybridized carbons (Fsp3) is 0.143. The molecule has 0 aliphatic rings. The molecule has 2 N–H and O–H groups in total. The molecular weight excluding hydrogens is 207 g/mol. The Labute approximate surface area is 77.0 Å². The van der Waals surface area contributed by atoms with E-state index in [1.165, 1.54) is 12.1 Å². The van der Waals surface area contributed by atoms with Crippen molar-refractivity contribution in [1.29, 1.82) is 0 Å². The first-order valence-corrected chi connectivity index (χ1v) is 3.57. The maximum atomic E-state index is 11.7. The van der Waals surface area contributed by atoms with Crippen LogP contribution in [0.25, 0.3) is 0 Å². The van der Waals surface area contributed by atoms with E-state index in [1.54, 1.807) is 0 Å². The summed E-state index contributed by atoms with van der Waals surface area (Å²) in [6.45, 7) is 0. The molecule has 0 aromatic heterocycles. The molecule has 0 saturated carbocycles. The highest BCUT2D eigenvalue weighted by Gasteiger charge is 2.32. The van der Waals surface area contributed by atoms with Gasteiger partial charge in [-0.15, -0.1) is 13.2 Å². The zero-order valence-corrected chi connectivity index (χ0v) is 6.99. The van der Waals surface area contributed by atoms with E-state index in [9.17, 15) is 13.2 Å². The summed E-state index contributed by atoms with van der Waals surface area (Å²) >= 11 is 5.45. The molecule has 0 spiro atoms. The number of ether oxygens (including phenoxy) is 1. The van der Waals surface area contributed by atoms with Gasteiger partial charge in [0.05, 0.1) is 5.69 Å². The van der Waals surface area contributed by atoms with Crippen LogP contribution in [-0.4, -0.2) is 6.36 Å². The highest BCUT2D eigenvalue weighted by Crippen LogP contribution is 2.33. The molecular formula is C7H5ClF3NO. The number of hydrogen-bond acceptors (Lipinski definition) is 2. The minimum Gasteiger partial charge on any atom is -0.404 e. The summed E-state index contributed by atoms with van der Waals surface area (Å²) in [5, 5.41) is -0.236. The molecule has 0 heterocycles. The van der Waals surface area contributed by atoms with Crippen LogP contribution in [0, 0.1) is 0 Å². The Bertz CT molecular complexity index is 313. The van der Waals surface area contributed by atoms with Crippen molar-refractivity contribution < 1.29 is 17.9 Å². The Morgan fingerprint density at radius 3 is 2.46 bits per heavy atom. The molecule has 72 valence electrons. The Balaban J connectivity index is 2.96. The Morgan fingerprint density at radius 2 is 1.92 bits per heavy atom. The summed E-state index contributed by atoms with van der Waals surface area (Å²) < 4.78 is 38.8. The fourth-order valence-corrected chi connectivity index (χ4v) is 0.896. The van der Waals surface area contributed by atoms with Crippen LogP contribution in [0.2, 0.25) is 5.02 Å². The van der Waals surface area contributed by atoms with Gasteiger partial charge < -0.3 is 10.5 Å². The van der Waals surface area contributed by atoms with Crippen molar-refractivity contribution in [1.82, 2.24) is 0 Å². The van der Waals surface area contributed by atoms with Crippen LogP contribution in [0.5, 0.6) is 5.75 Å². The number of benzene rings is 1. The third-order valence-electron chi connectivity index (χ3n) is 1.22. The normalized spacial score (nSPS) is 11.4. The lowest BCUT2D eigenvalue weighted by Crippen LogP contribution is -2.17. The van der Waals surface area contributed by atoms with Crippen LogP contribution in [0.1, 0.15) is 0 Å². The van der Waals surface area contributed by atoms with E-state index in [1.807, 2.05) is 0 Å². The largest absolute Gasteiger partial charge is 0.573 e. The zero-order valence-electron chi connectivity index (χ0n) is 6.23. The Hall–Kier alpha value is -1.10. The SMILES string of the molecule is Nc1cccc(OC(F)(F)F)c1Cl. The molecule has 0 fully saturated rings. The first-order valence-electron chi connectivity index (χ1n) is 3.20. The molecule has 0 aliphatic heterocycles. The van der Waals surface area contributed by atoms with Crippen molar-refractivity contribution in [3.05, 3.63) is 23.2 Å². The zero-order chi connectivity index (χ0) is 10.1. The number of anilines is 1. The second-order valence-corrected chi connectivity index (χ2v) is 2.59. The highest BCUT2D eigenvalue weighted by atomic mass is 35.5. The second-order valence-electron chi connectivity index (χ2n) is 2.21. The first-order chi connectivity index (χ1) is 5.90. The van der Waals surface area contributed by atoms with E-state index >= 15 is 0 Å². The lowest BCUT2D eigenvalue weighted by molar-refractivity contribution is -0.274. The number of hydrogen-bond donors (Lipinski definition) is 1. The van der Waals surface area contributed by atoms with Gasteiger partial charge in [-0.2, -0.15) is 0 Å². The summed E-state index contributed by atoms with van der Waals surface area (Å²) in [5.74, 6) is -0.492. The number of halogens is 4. The van der Waals surface area contributed by atoms with Gasteiger partial charge in [-0.1, -0.05) is 17.7 Å². The van der Waals surface area contributed by atoms with Crippen molar-refractivity contribution in [3.63, 3.8) is 0 Å². The van der Waals surface area contributed by atoms with Gasteiger partial charge in [-0.3, -0.25) is 0 Å². The van der Waals surface area contributed by atoms with Gasteiger partial charge in [0.15, 0.2) is 0 Å². The van der Waals surface area contributed by atoms with Gasteiger partial charge in [0, 0.05) is 0 Å². The molecule has 1 rings (SSSR count). The maximum Gasteiger partial charge on any atom is 0.573 e. The molecule has 6 heteroatoms. The van der Waals surface area contributed by atoms with Crippen molar-refractivity contribution in [2.24, 2.45) is 0 Å². The molecule has 1 aromatic carbocycles. The summed E-state index contributed by atoms with van der Waals surface area (Å²) in [5.41, 5.74) is 5.31. The molecule has 0 saturated heterocycles. The van der Waals surface area contributed by atoms with E-state index in [2.05, 4.69) is 4.74 Å². The number of alkyl halides is 3. The average Bonchev–Trinajstić information content (AvgIpc) is 1.96. The van der Waals surface area contributed by atoms with Crippen LogP contribution < -0.4 is 10.5 Å². The van der Waals surface area contributed by atoms with Crippen molar-refractivity contribution >= 4 is 17.3 Å². The monoisotopic (exact) mass is 211 g/mol. The number of nitrogen functional groups attached to an aromatic ring is 1. The summed E-state index contributed by atoms with van der Waals surface area (Å²) in [6.07, 6.45) is -4.75. The summed E-state index contributed by atoms with van der Waals surface area (Å²) in [6, 6.07) is 3.79. The molecule has 0 atom stereocenters. The van der Waals surface area contributed by atoms with Gasteiger partial charge in [0.25, 0.3) is 0 Å². The van der Waals surface area contributed by atoms with Gasteiger partial charge in [-0.25, -0.2) is 0 Å². The molecule has 2 nitrogen and oxygen atoms in total. The van der Waals surface area contributed by atoms with Crippen LogP contribution in [0.4, 0.5) is 18.9 Å². The van der Waals surface area contributed by atoms with E-state index in [0.29, 0.717) is 0 Å². The van der Waals surface area contributed by atoms with Crippen LogP contribution in [-0.2, 0) is 0 Å². The molecule has 0 unspecified atom stereocenters. The van der Waals surface area contributed by atoms with Crippen molar-refractivity contribution in [2.45, 2.75) is 6.36 Å². The number of rotatable bonds is 1. The van der Waals surface area contributed by atoms with Gasteiger partial charge in [0.1, 0.15) is 10.8 Å². The molecule has 0 bridgehead atoms. The predicted molar refractivity (Wildman–Crippen MR) is 42.5 cm³/mol. The van der Waals surface area contributed by atoms with Gasteiger partial charge in [0.2, 0.25) is 0 Å². The smallest absolute Gasteiger partial charge is 0.404 e. The Morgan fingerprint density at radius 1 is 1.31 bits per heavy atom. The van der Waals surface area contributed by atoms with E-state index in [4.69, 9.17) is 17.3 Å². The van der Waals surface area contributed by atoms with Crippen molar-refractivity contribution in [3.8, 4) is 5.75 Å². The van der Waals surface area contributed by atoms with Crippen molar-refractivity contribution in [2.75, 3.05) is 5.73 Å². The van der Waals surface area contributed by atoms with E-state index in [0.717, 1.165) is 6.07 Å². The van der Waals surface area contributed by atoms with Crippen LogP contribution in [0.15, 0.2) is 18.2 Å². The maximum absolute atomic E-state index is 11.7. The summed E-state index contributed by atoms with van der Waals surface area (Å²) in [4.78, 5) is 0. The quantitative estimate of drug-likeness (QED) is 0.725. The van der Waals surface area contributed by atoms with Crippen LogP contribution >= 0.6 is 11.6 Å². The topological polar surface area (TPSA) is 35.2 Å². The fourth-order valence-electron chi connectivity index (χ4n) is 0.731. The molecule has 0 aliphatic carbocycles. The minimum absolute atomic E-state index is 0.0448. The van der Waals surface area contributed by atoms with Gasteiger partial charge >= 0.3 is 6.36 Å². The van der Waals surface area contributed by atoms with Crippen LogP contribution in [0.3, 0.4) is 0 Å². The Kier molecular flexibility index (Phi) is 2.56. The highest BCUT2D eigenvalue weighted by molar-refractivity contribution is 6.34. The lowest BCUT2D eigenvalue weighted by atomic mass is 10.3. The number of nitrogens with two attached hydrogens (primary N) is 1. The van der Waals surface area contributed by atoms with E-state index < -0.39 is 12.1 Å². The van der Waals surface area contributed by atoms with Gasteiger partial charge in [-0.05, 0) is 12.1 Å². The third-order valence-corrected chi connectivity index (χ3v) is 1.62. The summed E-state index contributed by atoms with van der Waals surface area (Å²) in [7, 11) is 0. The second kappa shape index (κ2) is 3.33. The molecule has 1 aromatic rings. The molecule has 0 amide bonds. The first kappa shape index (κ1) is 9.98. The minimum atomic E-state index is -4.75.